The number of benzene rings is 1. The van der Waals surface area contributed by atoms with E-state index in [1.54, 1.807) is 0 Å². The predicted molar refractivity (Wildman–Crippen MR) is 87.5 cm³/mol. The molecule has 2 unspecified atom stereocenters. The lowest BCUT2D eigenvalue weighted by Crippen LogP contribution is -2.43. The minimum Gasteiger partial charge on any atom is -0.375 e. The van der Waals surface area contributed by atoms with E-state index in [0.29, 0.717) is 5.92 Å². The average Bonchev–Trinajstić information content (AvgIpc) is 2.52. The fraction of sp³-hybridized carbons (Fsp3) is 0.588. The summed E-state index contributed by atoms with van der Waals surface area (Å²) in [5.41, 5.74) is 1.22. The summed E-state index contributed by atoms with van der Waals surface area (Å²) in [5, 5.41) is 6.40. The molecule has 1 heterocycles. The van der Waals surface area contributed by atoms with Crippen LogP contribution in [0.2, 0.25) is 0 Å². The number of nitrogens with one attached hydrogen (secondary N) is 2. The van der Waals surface area contributed by atoms with Crippen molar-refractivity contribution >= 4 is 11.6 Å². The fourth-order valence-corrected chi connectivity index (χ4v) is 2.84. The molecule has 2 rings (SSSR count). The van der Waals surface area contributed by atoms with E-state index in [-0.39, 0.29) is 11.8 Å². The van der Waals surface area contributed by atoms with Crippen molar-refractivity contribution in [1.82, 2.24) is 10.6 Å². The average molecular weight is 289 g/mol. The first-order chi connectivity index (χ1) is 10.2. The maximum atomic E-state index is 12.1. The SMILES string of the molecule is CC1CNCC(C(=O)NCCCN(C)c2ccccc2)C1. The van der Waals surface area contributed by atoms with Crippen molar-refractivity contribution in [2.24, 2.45) is 11.8 Å². The second kappa shape index (κ2) is 8.03. The van der Waals surface area contributed by atoms with E-state index in [2.05, 4.69) is 41.6 Å². The second-order valence-electron chi connectivity index (χ2n) is 6.10. The first-order valence-electron chi connectivity index (χ1n) is 7.91. The molecule has 4 nitrogen and oxygen atoms in total. The van der Waals surface area contributed by atoms with Crippen LogP contribution in [0.5, 0.6) is 0 Å². The van der Waals surface area contributed by atoms with E-state index in [1.165, 1.54) is 5.69 Å². The third-order valence-electron chi connectivity index (χ3n) is 4.11. The molecule has 1 aromatic rings. The summed E-state index contributed by atoms with van der Waals surface area (Å²) < 4.78 is 0. The van der Waals surface area contributed by atoms with E-state index >= 15 is 0 Å². The number of para-hydroxylation sites is 1. The molecule has 0 saturated carbocycles. The van der Waals surface area contributed by atoms with Gasteiger partial charge in [-0.2, -0.15) is 0 Å². The number of amides is 1. The van der Waals surface area contributed by atoms with Crippen LogP contribution in [0.4, 0.5) is 5.69 Å². The van der Waals surface area contributed by atoms with Gasteiger partial charge in [0.05, 0.1) is 5.92 Å². The molecule has 4 heteroatoms. The standard InChI is InChI=1S/C17H27N3O/c1-14-11-15(13-18-12-14)17(21)19-9-6-10-20(2)16-7-4-3-5-8-16/h3-5,7-8,14-15,18H,6,9-13H2,1-2H3,(H,19,21). The highest BCUT2D eigenvalue weighted by Crippen LogP contribution is 2.15. The van der Waals surface area contributed by atoms with Crippen molar-refractivity contribution in [3.05, 3.63) is 30.3 Å². The quantitative estimate of drug-likeness (QED) is 0.786. The normalized spacial score (nSPS) is 21.8. The van der Waals surface area contributed by atoms with Crippen molar-refractivity contribution in [3.8, 4) is 0 Å². The highest BCUT2D eigenvalue weighted by Gasteiger charge is 2.24. The zero-order chi connectivity index (χ0) is 15.1. The number of anilines is 1. The van der Waals surface area contributed by atoms with Gasteiger partial charge < -0.3 is 15.5 Å². The van der Waals surface area contributed by atoms with Crippen LogP contribution in [0.15, 0.2) is 30.3 Å². The summed E-state index contributed by atoms with van der Waals surface area (Å²) in [7, 11) is 2.09. The number of piperidine rings is 1. The summed E-state index contributed by atoms with van der Waals surface area (Å²) in [6.07, 6.45) is 1.97. The molecular weight excluding hydrogens is 262 g/mol. The van der Waals surface area contributed by atoms with E-state index in [9.17, 15) is 4.79 Å². The van der Waals surface area contributed by atoms with Crippen LogP contribution in [-0.2, 0) is 4.79 Å². The van der Waals surface area contributed by atoms with Crippen molar-refractivity contribution in [2.45, 2.75) is 19.8 Å². The Morgan fingerprint density at radius 3 is 2.81 bits per heavy atom. The molecule has 2 atom stereocenters. The molecule has 116 valence electrons. The van der Waals surface area contributed by atoms with Crippen molar-refractivity contribution in [3.63, 3.8) is 0 Å². The lowest BCUT2D eigenvalue weighted by molar-refractivity contribution is -0.125. The number of hydrogen-bond donors (Lipinski definition) is 2. The molecule has 0 bridgehead atoms. The van der Waals surface area contributed by atoms with Crippen LogP contribution >= 0.6 is 0 Å². The first-order valence-corrected chi connectivity index (χ1v) is 7.91. The van der Waals surface area contributed by atoms with Crippen molar-refractivity contribution < 1.29 is 4.79 Å². The molecule has 0 spiro atoms. The zero-order valence-corrected chi connectivity index (χ0v) is 13.1. The van der Waals surface area contributed by atoms with Crippen molar-refractivity contribution in [1.29, 1.82) is 0 Å². The molecule has 1 aromatic carbocycles. The third kappa shape index (κ3) is 5.05. The van der Waals surface area contributed by atoms with Crippen LogP contribution in [0, 0.1) is 11.8 Å². The van der Waals surface area contributed by atoms with Gasteiger partial charge in [0.25, 0.3) is 0 Å². The summed E-state index contributed by atoms with van der Waals surface area (Å²) in [6, 6.07) is 10.3. The van der Waals surface area contributed by atoms with Crippen LogP contribution in [-0.4, -0.2) is 39.1 Å². The Hall–Kier alpha value is -1.55. The zero-order valence-electron chi connectivity index (χ0n) is 13.1. The van der Waals surface area contributed by atoms with E-state index in [4.69, 9.17) is 0 Å². The molecule has 1 fully saturated rings. The van der Waals surface area contributed by atoms with Gasteiger partial charge in [-0.15, -0.1) is 0 Å². The Labute approximate surface area is 127 Å². The Bertz CT molecular complexity index is 435. The first kappa shape index (κ1) is 15.8. The van der Waals surface area contributed by atoms with Crippen LogP contribution in [0.3, 0.4) is 0 Å². The minimum absolute atomic E-state index is 0.139. The van der Waals surface area contributed by atoms with Gasteiger partial charge in [0.1, 0.15) is 0 Å². The molecule has 1 aliphatic heterocycles. The molecule has 2 N–H and O–H groups in total. The van der Waals surface area contributed by atoms with Crippen LogP contribution in [0.25, 0.3) is 0 Å². The number of nitrogens with zero attached hydrogens (tertiary/aromatic N) is 1. The minimum atomic E-state index is 0.139. The van der Waals surface area contributed by atoms with Gasteiger partial charge in [-0.3, -0.25) is 4.79 Å². The highest BCUT2D eigenvalue weighted by molar-refractivity contribution is 5.78. The molecule has 0 aromatic heterocycles. The summed E-state index contributed by atoms with van der Waals surface area (Å²) in [4.78, 5) is 14.3. The van der Waals surface area contributed by atoms with E-state index in [1.807, 2.05) is 18.2 Å². The molecule has 0 aliphatic carbocycles. The molecule has 1 saturated heterocycles. The maximum absolute atomic E-state index is 12.1. The van der Waals surface area contributed by atoms with Crippen LogP contribution in [0.1, 0.15) is 19.8 Å². The van der Waals surface area contributed by atoms with Gasteiger partial charge in [0.2, 0.25) is 5.91 Å². The maximum Gasteiger partial charge on any atom is 0.224 e. The smallest absolute Gasteiger partial charge is 0.224 e. The summed E-state index contributed by atoms with van der Waals surface area (Å²) in [6.45, 7) is 5.75. The Morgan fingerprint density at radius 1 is 1.33 bits per heavy atom. The number of carbonyl (C=O) groups excluding carboxylic acids is 1. The number of carbonyl (C=O) groups is 1. The third-order valence-corrected chi connectivity index (χ3v) is 4.11. The van der Waals surface area contributed by atoms with Gasteiger partial charge >= 0.3 is 0 Å². The van der Waals surface area contributed by atoms with Gasteiger partial charge in [0.15, 0.2) is 0 Å². The number of hydrogen-bond acceptors (Lipinski definition) is 3. The number of rotatable bonds is 6. The predicted octanol–water partition coefficient (Wildman–Crippen LogP) is 1.87. The molecule has 21 heavy (non-hydrogen) atoms. The van der Waals surface area contributed by atoms with E-state index < -0.39 is 0 Å². The van der Waals surface area contributed by atoms with Gasteiger partial charge in [-0.05, 0) is 37.4 Å². The van der Waals surface area contributed by atoms with Gasteiger partial charge in [-0.1, -0.05) is 25.1 Å². The van der Waals surface area contributed by atoms with Crippen molar-refractivity contribution in [2.75, 3.05) is 38.1 Å². The molecular formula is C17H27N3O. The fourth-order valence-electron chi connectivity index (χ4n) is 2.84. The largest absolute Gasteiger partial charge is 0.375 e. The lowest BCUT2D eigenvalue weighted by Gasteiger charge is -2.27. The molecule has 0 radical (unpaired) electrons. The summed E-state index contributed by atoms with van der Waals surface area (Å²) in [5.74, 6) is 0.940. The lowest BCUT2D eigenvalue weighted by atomic mass is 9.91. The molecule has 1 amide bonds. The molecule has 1 aliphatic rings. The van der Waals surface area contributed by atoms with Gasteiger partial charge in [0, 0.05) is 32.4 Å². The monoisotopic (exact) mass is 289 g/mol. The van der Waals surface area contributed by atoms with E-state index in [0.717, 1.165) is 39.0 Å². The van der Waals surface area contributed by atoms with Crippen LogP contribution < -0.4 is 15.5 Å². The highest BCUT2D eigenvalue weighted by atomic mass is 16.1. The summed E-state index contributed by atoms with van der Waals surface area (Å²) >= 11 is 0. The van der Waals surface area contributed by atoms with Gasteiger partial charge in [-0.25, -0.2) is 0 Å². The Kier molecular flexibility index (Phi) is 6.05. The topological polar surface area (TPSA) is 44.4 Å². The Balaban J connectivity index is 1.64. The Morgan fingerprint density at radius 2 is 2.10 bits per heavy atom. The second-order valence-corrected chi connectivity index (χ2v) is 6.10.